The van der Waals surface area contributed by atoms with Crippen LogP contribution in [0.5, 0.6) is 0 Å². The van der Waals surface area contributed by atoms with Gasteiger partial charge in [0, 0.05) is 29.9 Å². The van der Waals surface area contributed by atoms with E-state index in [9.17, 15) is 0 Å². The molecule has 0 spiro atoms. The van der Waals surface area contributed by atoms with Crippen molar-refractivity contribution in [3.8, 4) is 11.1 Å². The number of nitrogens with one attached hydrogen (secondary N) is 1. The van der Waals surface area contributed by atoms with Gasteiger partial charge in [0.1, 0.15) is 5.82 Å². The highest BCUT2D eigenvalue weighted by Gasteiger charge is 2.41. The summed E-state index contributed by atoms with van der Waals surface area (Å²) in [5, 5.41) is 3.41. The third-order valence-corrected chi connectivity index (χ3v) is 4.62. The van der Waals surface area contributed by atoms with Crippen LogP contribution in [0, 0.1) is 0 Å². The fourth-order valence-corrected chi connectivity index (χ4v) is 2.86. The zero-order chi connectivity index (χ0) is 13.6. The first-order chi connectivity index (χ1) is 9.74. The Bertz CT molecular complexity index is 642. The van der Waals surface area contributed by atoms with Crippen LogP contribution in [0.2, 0.25) is 0 Å². The molecule has 1 aromatic heterocycles. The minimum Gasteiger partial charge on any atom is -0.312 e. The van der Waals surface area contributed by atoms with Gasteiger partial charge in [-0.3, -0.25) is 0 Å². The smallest absolute Gasteiger partial charge is 0.134 e. The summed E-state index contributed by atoms with van der Waals surface area (Å²) in [6.45, 7) is 4.31. The molecule has 2 aliphatic rings. The molecule has 0 unspecified atom stereocenters. The van der Waals surface area contributed by atoms with Crippen LogP contribution in [0.1, 0.15) is 36.7 Å². The van der Waals surface area contributed by atoms with Crippen molar-refractivity contribution >= 4 is 0 Å². The van der Waals surface area contributed by atoms with Gasteiger partial charge in [-0.2, -0.15) is 0 Å². The average Bonchev–Trinajstić information content (AvgIpc) is 3.26. The summed E-state index contributed by atoms with van der Waals surface area (Å²) in [6.07, 6.45) is 7.51. The Morgan fingerprint density at radius 2 is 1.85 bits per heavy atom. The minimum atomic E-state index is 0.250. The SMILES string of the molecule is CC1(c2ncc(-c3ccc4c(c3)CCNC4)cn2)CC1. The Kier molecular flexibility index (Phi) is 2.64. The molecule has 1 aromatic carbocycles. The highest BCUT2D eigenvalue weighted by atomic mass is 14.9. The van der Waals surface area contributed by atoms with Crippen LogP contribution >= 0.6 is 0 Å². The number of nitrogens with zero attached hydrogens (tertiary/aromatic N) is 2. The first kappa shape index (κ1) is 12.0. The molecule has 0 radical (unpaired) electrons. The van der Waals surface area contributed by atoms with Crippen molar-refractivity contribution < 1.29 is 0 Å². The van der Waals surface area contributed by atoms with Crippen LogP contribution in [0.25, 0.3) is 11.1 Å². The summed E-state index contributed by atoms with van der Waals surface area (Å²) < 4.78 is 0. The molecule has 1 fully saturated rings. The zero-order valence-electron chi connectivity index (χ0n) is 11.8. The molecule has 2 aromatic rings. The lowest BCUT2D eigenvalue weighted by Gasteiger charge is -2.18. The quantitative estimate of drug-likeness (QED) is 0.907. The molecule has 102 valence electrons. The number of fused-ring (bicyclic) bond motifs is 1. The van der Waals surface area contributed by atoms with Crippen molar-refractivity contribution in [3.63, 3.8) is 0 Å². The molecule has 1 aliphatic heterocycles. The molecule has 3 nitrogen and oxygen atoms in total. The first-order valence-corrected chi connectivity index (χ1v) is 7.40. The van der Waals surface area contributed by atoms with Gasteiger partial charge in [-0.05, 0) is 42.5 Å². The van der Waals surface area contributed by atoms with Gasteiger partial charge >= 0.3 is 0 Å². The largest absolute Gasteiger partial charge is 0.312 e. The molecule has 0 bridgehead atoms. The number of benzene rings is 1. The first-order valence-electron chi connectivity index (χ1n) is 7.40. The van der Waals surface area contributed by atoms with Crippen molar-refractivity contribution in [1.29, 1.82) is 0 Å². The third kappa shape index (κ3) is 2.02. The van der Waals surface area contributed by atoms with Crippen LogP contribution in [0.3, 0.4) is 0 Å². The summed E-state index contributed by atoms with van der Waals surface area (Å²) in [5.41, 5.74) is 5.49. The molecular formula is C17H19N3. The van der Waals surface area contributed by atoms with Crippen LogP contribution in [-0.4, -0.2) is 16.5 Å². The van der Waals surface area contributed by atoms with E-state index >= 15 is 0 Å². The fourth-order valence-electron chi connectivity index (χ4n) is 2.86. The predicted molar refractivity (Wildman–Crippen MR) is 79.5 cm³/mol. The van der Waals surface area contributed by atoms with Gasteiger partial charge in [0.15, 0.2) is 0 Å². The van der Waals surface area contributed by atoms with Crippen molar-refractivity contribution in [1.82, 2.24) is 15.3 Å². The standard InChI is InChI=1S/C17H19N3/c1-17(5-6-17)16-19-10-15(11-20-16)12-2-3-14-9-18-7-4-13(14)8-12/h2-3,8,10-11,18H,4-7,9H2,1H3. The molecular weight excluding hydrogens is 246 g/mol. The van der Waals surface area contributed by atoms with Crippen molar-refractivity contribution in [2.75, 3.05) is 6.54 Å². The van der Waals surface area contributed by atoms with E-state index in [1.54, 1.807) is 0 Å². The summed E-state index contributed by atoms with van der Waals surface area (Å²) in [6, 6.07) is 6.71. The number of hydrogen-bond acceptors (Lipinski definition) is 3. The molecule has 1 saturated carbocycles. The molecule has 0 atom stereocenters. The van der Waals surface area contributed by atoms with Crippen LogP contribution in [0.15, 0.2) is 30.6 Å². The molecule has 4 rings (SSSR count). The highest BCUT2D eigenvalue weighted by Crippen LogP contribution is 2.45. The van der Waals surface area contributed by atoms with E-state index in [1.165, 1.54) is 29.5 Å². The van der Waals surface area contributed by atoms with Crippen LogP contribution < -0.4 is 5.32 Å². The topological polar surface area (TPSA) is 37.8 Å². The molecule has 0 amide bonds. The van der Waals surface area contributed by atoms with Gasteiger partial charge in [0.2, 0.25) is 0 Å². The van der Waals surface area contributed by atoms with Gasteiger partial charge in [-0.15, -0.1) is 0 Å². The maximum atomic E-state index is 4.58. The second kappa shape index (κ2) is 4.38. The Balaban J connectivity index is 1.66. The molecule has 3 heteroatoms. The summed E-state index contributed by atoms with van der Waals surface area (Å²) in [5.74, 6) is 1.00. The summed E-state index contributed by atoms with van der Waals surface area (Å²) >= 11 is 0. The van der Waals surface area contributed by atoms with E-state index < -0.39 is 0 Å². The van der Waals surface area contributed by atoms with Gasteiger partial charge in [0.25, 0.3) is 0 Å². The van der Waals surface area contributed by atoms with E-state index in [4.69, 9.17) is 0 Å². The van der Waals surface area contributed by atoms with Crippen molar-refractivity contribution in [3.05, 3.63) is 47.5 Å². The van der Waals surface area contributed by atoms with Gasteiger partial charge in [0.05, 0.1) is 0 Å². The van der Waals surface area contributed by atoms with E-state index in [1.807, 2.05) is 12.4 Å². The highest BCUT2D eigenvalue weighted by molar-refractivity contribution is 5.63. The molecule has 0 saturated heterocycles. The lowest BCUT2D eigenvalue weighted by Crippen LogP contribution is -2.23. The van der Waals surface area contributed by atoms with Gasteiger partial charge in [-0.1, -0.05) is 25.1 Å². The summed E-state index contributed by atoms with van der Waals surface area (Å²) in [4.78, 5) is 9.15. The lowest BCUT2D eigenvalue weighted by atomic mass is 9.96. The second-order valence-corrected chi connectivity index (χ2v) is 6.27. The van der Waals surface area contributed by atoms with E-state index in [-0.39, 0.29) is 5.41 Å². The molecule has 2 heterocycles. The third-order valence-electron chi connectivity index (χ3n) is 4.62. The zero-order valence-corrected chi connectivity index (χ0v) is 11.8. The van der Waals surface area contributed by atoms with Gasteiger partial charge in [-0.25, -0.2) is 9.97 Å². The van der Waals surface area contributed by atoms with Gasteiger partial charge < -0.3 is 5.32 Å². The lowest BCUT2D eigenvalue weighted by molar-refractivity contribution is 0.644. The number of rotatable bonds is 2. The maximum Gasteiger partial charge on any atom is 0.134 e. The molecule has 1 aliphatic carbocycles. The normalized spacial score (nSPS) is 19.4. The Morgan fingerprint density at radius 3 is 2.60 bits per heavy atom. The number of aromatic nitrogens is 2. The average molecular weight is 265 g/mol. The predicted octanol–water partition coefficient (Wildman–Crippen LogP) is 2.84. The maximum absolute atomic E-state index is 4.58. The van der Waals surface area contributed by atoms with Crippen molar-refractivity contribution in [2.24, 2.45) is 0 Å². The Labute approximate surface area is 119 Å². The monoisotopic (exact) mass is 265 g/mol. The molecule has 20 heavy (non-hydrogen) atoms. The number of hydrogen-bond donors (Lipinski definition) is 1. The minimum absolute atomic E-state index is 0.250. The second-order valence-electron chi connectivity index (χ2n) is 6.27. The van der Waals surface area contributed by atoms with E-state index in [2.05, 4.69) is 40.4 Å². The summed E-state index contributed by atoms with van der Waals surface area (Å²) in [7, 11) is 0. The van der Waals surface area contributed by atoms with Crippen LogP contribution in [0.4, 0.5) is 0 Å². The fraction of sp³-hybridized carbons (Fsp3) is 0.412. The molecule has 1 N–H and O–H groups in total. The Hall–Kier alpha value is -1.74. The Morgan fingerprint density at radius 1 is 1.05 bits per heavy atom. The van der Waals surface area contributed by atoms with E-state index in [0.29, 0.717) is 0 Å². The van der Waals surface area contributed by atoms with Crippen molar-refractivity contribution in [2.45, 2.75) is 38.1 Å². The van der Waals surface area contributed by atoms with Crippen LogP contribution in [-0.2, 0) is 18.4 Å². The van der Waals surface area contributed by atoms with E-state index in [0.717, 1.165) is 30.9 Å².